The molecule has 0 spiro atoms. The third-order valence-corrected chi connectivity index (χ3v) is 3.23. The van der Waals surface area contributed by atoms with Crippen molar-refractivity contribution in [3.8, 4) is 5.75 Å². The fourth-order valence-corrected chi connectivity index (χ4v) is 2.18. The predicted molar refractivity (Wildman–Crippen MR) is 60.7 cm³/mol. The molecule has 2 N–H and O–H groups in total. The molecule has 1 aliphatic rings. The fraction of sp³-hybridized carbons (Fsp3) is 0. The van der Waals surface area contributed by atoms with E-state index in [1.807, 2.05) is 0 Å². The van der Waals surface area contributed by atoms with Crippen LogP contribution in [0.25, 0.3) is 0 Å². The topological polar surface area (TPSA) is 98.8 Å². The highest BCUT2D eigenvalue weighted by Gasteiger charge is 2.31. The van der Waals surface area contributed by atoms with E-state index in [1.54, 1.807) is 18.2 Å². The van der Waals surface area contributed by atoms with Gasteiger partial charge in [-0.05, 0) is 12.1 Å². The smallest absolute Gasteiger partial charge is 0.357 e. The van der Waals surface area contributed by atoms with E-state index >= 15 is 0 Å². The highest BCUT2D eigenvalue weighted by atomic mass is 32.2. The summed E-state index contributed by atoms with van der Waals surface area (Å²) in [6.07, 6.45) is 0.973. The number of sulfonamides is 1. The van der Waals surface area contributed by atoms with Crippen molar-refractivity contribution in [1.29, 1.82) is 0 Å². The Labute approximate surface area is 97.5 Å². The third kappa shape index (κ3) is 2.34. The molecule has 1 heterocycles. The zero-order chi connectivity index (χ0) is 12.5. The Morgan fingerprint density at radius 2 is 1.88 bits per heavy atom. The van der Waals surface area contributed by atoms with Crippen LogP contribution >= 0.6 is 0 Å². The van der Waals surface area contributed by atoms with E-state index in [0.717, 1.165) is 6.08 Å². The number of hydrogen-bond donors (Lipinski definition) is 1. The minimum Gasteiger partial charge on any atom is -0.422 e. The number of carbonyl (C=O) groups is 1. The van der Waals surface area contributed by atoms with Gasteiger partial charge in [0, 0.05) is 6.08 Å². The van der Waals surface area contributed by atoms with E-state index in [0.29, 0.717) is 0 Å². The highest BCUT2D eigenvalue weighted by Crippen LogP contribution is 2.19. The van der Waals surface area contributed by atoms with Crippen molar-refractivity contribution in [3.63, 3.8) is 0 Å². The molecule has 6 nitrogen and oxygen atoms in total. The van der Waals surface area contributed by atoms with Crippen LogP contribution in [0.1, 0.15) is 0 Å². The van der Waals surface area contributed by atoms with Gasteiger partial charge in [-0.1, -0.05) is 18.2 Å². The fourth-order valence-electron chi connectivity index (χ4n) is 1.23. The molecule has 1 aromatic carbocycles. The molecule has 0 fully saturated rings. The average Bonchev–Trinajstić information content (AvgIpc) is 2.53. The van der Waals surface area contributed by atoms with E-state index in [1.165, 1.54) is 12.1 Å². The third-order valence-electron chi connectivity index (χ3n) is 1.94. The Bertz CT molecular complexity index is 617. The van der Waals surface area contributed by atoms with Crippen LogP contribution in [0, 0.1) is 0 Å². The van der Waals surface area contributed by atoms with Crippen molar-refractivity contribution in [3.05, 3.63) is 41.3 Å². The van der Waals surface area contributed by atoms with Crippen molar-refractivity contribution in [2.24, 2.45) is 10.1 Å². The molecular formula is C10H8N2O4S. The van der Waals surface area contributed by atoms with Gasteiger partial charge >= 0.3 is 5.97 Å². The van der Waals surface area contributed by atoms with Gasteiger partial charge in [0.1, 0.15) is 11.6 Å². The number of nitrogens with zero attached hydrogens (tertiary/aromatic N) is 1. The van der Waals surface area contributed by atoms with Crippen LogP contribution in [0.15, 0.2) is 45.7 Å². The standard InChI is InChI=1S/C10H8N2O4S/c11-9-6-8(17(14,15)12-9)10(13)16-7-4-2-1-3-5-7/h1-6H,(H2,11,12). The number of para-hydroxylation sites is 1. The largest absolute Gasteiger partial charge is 0.422 e. The molecule has 0 aliphatic carbocycles. The Balaban J connectivity index is 2.22. The molecule has 2 rings (SSSR count). The zero-order valence-electron chi connectivity index (χ0n) is 8.53. The van der Waals surface area contributed by atoms with Crippen molar-refractivity contribution in [2.75, 3.05) is 0 Å². The lowest BCUT2D eigenvalue weighted by atomic mass is 10.3. The molecule has 0 bridgehead atoms. The maximum atomic E-state index is 11.6. The van der Waals surface area contributed by atoms with E-state index in [4.69, 9.17) is 10.5 Å². The summed E-state index contributed by atoms with van der Waals surface area (Å²) < 4.78 is 30.7. The summed E-state index contributed by atoms with van der Waals surface area (Å²) in [7, 11) is -4.01. The molecule has 7 heteroatoms. The zero-order valence-corrected chi connectivity index (χ0v) is 9.35. The number of rotatable bonds is 2. The van der Waals surface area contributed by atoms with Crippen LogP contribution in [-0.4, -0.2) is 20.2 Å². The maximum Gasteiger partial charge on any atom is 0.357 e. The van der Waals surface area contributed by atoms with Gasteiger partial charge in [-0.2, -0.15) is 8.42 Å². The number of hydrogen-bond acceptors (Lipinski definition) is 5. The van der Waals surface area contributed by atoms with Crippen LogP contribution < -0.4 is 10.5 Å². The van der Waals surface area contributed by atoms with Gasteiger partial charge in [-0.3, -0.25) is 0 Å². The highest BCUT2D eigenvalue weighted by molar-refractivity contribution is 7.95. The number of benzene rings is 1. The van der Waals surface area contributed by atoms with Gasteiger partial charge in [0.2, 0.25) is 0 Å². The van der Waals surface area contributed by atoms with Gasteiger partial charge in [0.05, 0.1) is 0 Å². The minimum absolute atomic E-state index is 0.231. The molecule has 1 aromatic rings. The van der Waals surface area contributed by atoms with Crippen LogP contribution in [0.4, 0.5) is 0 Å². The first-order chi connectivity index (χ1) is 7.99. The average molecular weight is 252 g/mol. The molecular weight excluding hydrogens is 244 g/mol. The number of esters is 1. The summed E-state index contributed by atoms with van der Waals surface area (Å²) in [6.45, 7) is 0. The maximum absolute atomic E-state index is 11.6. The van der Waals surface area contributed by atoms with E-state index < -0.39 is 20.9 Å². The predicted octanol–water partition coefficient (Wildman–Crippen LogP) is 0.176. The lowest BCUT2D eigenvalue weighted by Crippen LogP contribution is -2.15. The van der Waals surface area contributed by atoms with Gasteiger partial charge in [-0.15, -0.1) is 4.40 Å². The summed E-state index contributed by atoms with van der Waals surface area (Å²) in [4.78, 5) is 11.0. The SMILES string of the molecule is NC1=NS(=O)(=O)C(C(=O)Oc2ccccc2)=C1. The first-order valence-electron chi connectivity index (χ1n) is 4.58. The lowest BCUT2D eigenvalue weighted by molar-refractivity contribution is -0.129. The van der Waals surface area contributed by atoms with E-state index in [-0.39, 0.29) is 11.6 Å². The number of amidine groups is 1. The number of nitrogens with two attached hydrogens (primary N) is 1. The second kappa shape index (κ2) is 4.02. The summed E-state index contributed by atoms with van der Waals surface area (Å²) >= 11 is 0. The molecule has 1 aliphatic heterocycles. The van der Waals surface area contributed by atoms with Crippen molar-refractivity contribution in [2.45, 2.75) is 0 Å². The monoisotopic (exact) mass is 252 g/mol. The number of ether oxygens (including phenoxy) is 1. The summed E-state index contributed by atoms with van der Waals surface area (Å²) in [5.41, 5.74) is 5.22. The molecule has 17 heavy (non-hydrogen) atoms. The van der Waals surface area contributed by atoms with E-state index in [2.05, 4.69) is 4.40 Å². The van der Waals surface area contributed by atoms with Gasteiger partial charge in [-0.25, -0.2) is 4.79 Å². The lowest BCUT2D eigenvalue weighted by Gasteiger charge is -2.02. The van der Waals surface area contributed by atoms with Crippen molar-refractivity contribution < 1.29 is 17.9 Å². The van der Waals surface area contributed by atoms with Crippen LogP contribution in [0.2, 0.25) is 0 Å². The minimum atomic E-state index is -4.01. The molecule has 0 saturated heterocycles. The molecule has 0 unspecified atom stereocenters. The Morgan fingerprint density at radius 3 is 2.41 bits per heavy atom. The van der Waals surface area contributed by atoms with Gasteiger partial charge in [0.25, 0.3) is 10.0 Å². The molecule has 0 atom stereocenters. The summed E-state index contributed by atoms with van der Waals surface area (Å²) in [6, 6.07) is 8.12. The van der Waals surface area contributed by atoms with E-state index in [9.17, 15) is 13.2 Å². The first-order valence-corrected chi connectivity index (χ1v) is 6.02. The summed E-state index contributed by atoms with van der Waals surface area (Å²) in [5, 5.41) is 0. The quantitative estimate of drug-likeness (QED) is 0.597. The first kappa shape index (κ1) is 11.3. The Hall–Kier alpha value is -2.15. The van der Waals surface area contributed by atoms with Crippen LogP contribution in [0.5, 0.6) is 5.75 Å². The number of carbonyl (C=O) groups excluding carboxylic acids is 1. The second-order valence-electron chi connectivity index (χ2n) is 3.20. The van der Waals surface area contributed by atoms with Crippen LogP contribution in [-0.2, 0) is 14.8 Å². The van der Waals surface area contributed by atoms with Crippen molar-refractivity contribution in [1.82, 2.24) is 0 Å². The Morgan fingerprint density at radius 1 is 1.24 bits per heavy atom. The Kier molecular flexibility index (Phi) is 2.68. The molecule has 0 amide bonds. The summed E-state index contributed by atoms with van der Waals surface area (Å²) in [5.74, 6) is -0.982. The normalized spacial score (nSPS) is 17.2. The molecule has 88 valence electrons. The van der Waals surface area contributed by atoms with Crippen molar-refractivity contribution >= 4 is 21.8 Å². The molecule has 0 aromatic heterocycles. The molecule has 0 saturated carbocycles. The van der Waals surface area contributed by atoms with Gasteiger partial charge in [0.15, 0.2) is 4.91 Å². The van der Waals surface area contributed by atoms with Crippen LogP contribution in [0.3, 0.4) is 0 Å². The van der Waals surface area contributed by atoms with Gasteiger partial charge < -0.3 is 10.5 Å². The molecule has 0 radical (unpaired) electrons. The second-order valence-corrected chi connectivity index (χ2v) is 4.77.